The normalized spacial score (nSPS) is 10.2. The Labute approximate surface area is 142 Å². The minimum atomic E-state index is -2.89. The highest BCUT2D eigenvalue weighted by atomic mass is 19.3. The Balaban J connectivity index is 2.09. The van der Waals surface area contributed by atoms with Gasteiger partial charge in [-0.1, -0.05) is 12.1 Å². The minimum absolute atomic E-state index is 0.0321. The number of rotatable bonds is 7. The lowest BCUT2D eigenvalue weighted by molar-refractivity contribution is -0.139. The van der Waals surface area contributed by atoms with Gasteiger partial charge in [0.25, 0.3) is 5.91 Å². The van der Waals surface area contributed by atoms with Crippen molar-refractivity contribution in [3.63, 3.8) is 0 Å². The van der Waals surface area contributed by atoms with E-state index in [4.69, 9.17) is 0 Å². The maximum atomic E-state index is 12.2. The second-order valence-corrected chi connectivity index (χ2v) is 4.83. The van der Waals surface area contributed by atoms with Crippen molar-refractivity contribution >= 4 is 23.3 Å². The van der Waals surface area contributed by atoms with Crippen LogP contribution in [0.1, 0.15) is 10.4 Å². The van der Waals surface area contributed by atoms with Gasteiger partial charge in [0, 0.05) is 5.69 Å². The van der Waals surface area contributed by atoms with Crippen LogP contribution in [0.25, 0.3) is 0 Å². The van der Waals surface area contributed by atoms with E-state index in [0.29, 0.717) is 16.9 Å². The van der Waals surface area contributed by atoms with E-state index >= 15 is 0 Å². The summed E-state index contributed by atoms with van der Waals surface area (Å²) in [5.74, 6) is -0.982. The van der Waals surface area contributed by atoms with E-state index in [9.17, 15) is 18.4 Å². The number of alkyl halides is 2. The number of ether oxygens (including phenoxy) is 2. The molecule has 2 rings (SSSR count). The number of esters is 1. The van der Waals surface area contributed by atoms with Crippen LogP contribution in [0.2, 0.25) is 0 Å². The minimum Gasteiger partial charge on any atom is -0.468 e. The van der Waals surface area contributed by atoms with Crippen LogP contribution in [-0.2, 0) is 9.53 Å². The van der Waals surface area contributed by atoms with Gasteiger partial charge in [-0.15, -0.1) is 0 Å². The molecule has 0 bridgehead atoms. The summed E-state index contributed by atoms with van der Waals surface area (Å²) in [4.78, 5) is 23.3. The molecular formula is C17H16F2N2O4. The smallest absolute Gasteiger partial charge is 0.387 e. The van der Waals surface area contributed by atoms with Crippen molar-refractivity contribution < 1.29 is 27.8 Å². The van der Waals surface area contributed by atoms with Crippen molar-refractivity contribution in [1.29, 1.82) is 0 Å². The second-order valence-electron chi connectivity index (χ2n) is 4.83. The molecule has 0 aliphatic rings. The third kappa shape index (κ3) is 5.45. The third-order valence-corrected chi connectivity index (χ3v) is 3.15. The topological polar surface area (TPSA) is 76.7 Å². The number of carbonyl (C=O) groups excluding carboxylic acids is 2. The number of anilines is 2. The molecular weight excluding hydrogens is 334 g/mol. The number of carbonyl (C=O) groups is 2. The van der Waals surface area contributed by atoms with Gasteiger partial charge in [0.05, 0.1) is 18.4 Å². The van der Waals surface area contributed by atoms with Crippen molar-refractivity contribution in [2.45, 2.75) is 6.61 Å². The van der Waals surface area contributed by atoms with Crippen LogP contribution in [0.4, 0.5) is 20.2 Å². The summed E-state index contributed by atoms with van der Waals surface area (Å²) in [6.45, 7) is -3.14. The molecule has 1 amide bonds. The van der Waals surface area contributed by atoms with E-state index in [1.54, 1.807) is 36.4 Å². The molecule has 6 nitrogen and oxygen atoms in total. The number of methoxy groups -OCH3 is 1. The summed E-state index contributed by atoms with van der Waals surface area (Å²) in [6, 6.07) is 12.5. The SMILES string of the molecule is COC(=O)CNC(=O)c1ccccc1Nc1ccc(OC(F)F)cc1. The molecule has 2 N–H and O–H groups in total. The summed E-state index contributed by atoms with van der Waals surface area (Å²) >= 11 is 0. The van der Waals surface area contributed by atoms with Crippen molar-refractivity contribution in [2.75, 3.05) is 19.0 Å². The summed E-state index contributed by atoms with van der Waals surface area (Å²) in [5.41, 5.74) is 1.39. The Kier molecular flexibility index (Phi) is 6.27. The van der Waals surface area contributed by atoms with Crippen LogP contribution in [0, 0.1) is 0 Å². The molecule has 0 spiro atoms. The van der Waals surface area contributed by atoms with E-state index in [0.717, 1.165) is 0 Å². The lowest BCUT2D eigenvalue weighted by Gasteiger charge is -2.12. The van der Waals surface area contributed by atoms with Crippen LogP contribution >= 0.6 is 0 Å². The molecule has 0 unspecified atom stereocenters. The Bertz CT molecular complexity index is 736. The lowest BCUT2D eigenvalue weighted by Crippen LogP contribution is -2.30. The fourth-order valence-electron chi connectivity index (χ4n) is 1.99. The first-order valence-corrected chi connectivity index (χ1v) is 7.25. The Hall–Kier alpha value is -3.16. The third-order valence-electron chi connectivity index (χ3n) is 3.15. The molecule has 0 radical (unpaired) electrons. The van der Waals surface area contributed by atoms with Crippen LogP contribution in [-0.4, -0.2) is 32.1 Å². The van der Waals surface area contributed by atoms with Crippen LogP contribution in [0.5, 0.6) is 5.75 Å². The van der Waals surface area contributed by atoms with Gasteiger partial charge < -0.3 is 20.1 Å². The maximum absolute atomic E-state index is 12.2. The highest BCUT2D eigenvalue weighted by molar-refractivity contribution is 6.01. The summed E-state index contributed by atoms with van der Waals surface area (Å²) < 4.78 is 33.0. The molecule has 8 heteroatoms. The van der Waals surface area contributed by atoms with Gasteiger partial charge >= 0.3 is 12.6 Å². The first-order chi connectivity index (χ1) is 12.0. The van der Waals surface area contributed by atoms with E-state index in [2.05, 4.69) is 20.1 Å². The predicted molar refractivity (Wildman–Crippen MR) is 87.1 cm³/mol. The second kappa shape index (κ2) is 8.62. The molecule has 0 fully saturated rings. The number of benzene rings is 2. The van der Waals surface area contributed by atoms with Gasteiger partial charge in [-0.25, -0.2) is 0 Å². The van der Waals surface area contributed by atoms with Crippen LogP contribution in [0.15, 0.2) is 48.5 Å². The molecule has 0 heterocycles. The van der Waals surface area contributed by atoms with Gasteiger partial charge in [0.2, 0.25) is 0 Å². The zero-order valence-electron chi connectivity index (χ0n) is 13.3. The molecule has 2 aromatic carbocycles. The monoisotopic (exact) mass is 350 g/mol. The first kappa shape index (κ1) is 18.2. The van der Waals surface area contributed by atoms with Crippen molar-refractivity contribution in [3.8, 4) is 5.75 Å². The molecule has 0 atom stereocenters. The van der Waals surface area contributed by atoms with E-state index in [-0.39, 0.29) is 12.3 Å². The number of hydrogen-bond acceptors (Lipinski definition) is 5. The number of hydrogen-bond donors (Lipinski definition) is 2. The van der Waals surface area contributed by atoms with Crippen molar-refractivity contribution in [1.82, 2.24) is 5.32 Å². The van der Waals surface area contributed by atoms with Gasteiger partial charge in [-0.3, -0.25) is 9.59 Å². The van der Waals surface area contributed by atoms with Crippen molar-refractivity contribution in [2.24, 2.45) is 0 Å². The average molecular weight is 350 g/mol. The number of para-hydroxylation sites is 1. The highest BCUT2D eigenvalue weighted by Gasteiger charge is 2.12. The van der Waals surface area contributed by atoms with Crippen molar-refractivity contribution in [3.05, 3.63) is 54.1 Å². The quantitative estimate of drug-likeness (QED) is 0.751. The predicted octanol–water partition coefficient (Wildman–Crippen LogP) is 2.93. The molecule has 25 heavy (non-hydrogen) atoms. The molecule has 0 saturated heterocycles. The van der Waals surface area contributed by atoms with Crippen LogP contribution < -0.4 is 15.4 Å². The van der Waals surface area contributed by atoms with Gasteiger partial charge in [-0.05, 0) is 36.4 Å². The number of nitrogens with one attached hydrogen (secondary N) is 2. The highest BCUT2D eigenvalue weighted by Crippen LogP contribution is 2.23. The van der Waals surface area contributed by atoms with E-state index in [1.165, 1.54) is 19.2 Å². The summed E-state index contributed by atoms with van der Waals surface area (Å²) in [7, 11) is 1.23. The molecule has 0 aliphatic carbocycles. The fourth-order valence-corrected chi connectivity index (χ4v) is 1.99. The zero-order valence-corrected chi connectivity index (χ0v) is 13.3. The summed E-state index contributed by atoms with van der Waals surface area (Å²) in [6.07, 6.45) is 0. The van der Waals surface area contributed by atoms with Crippen LogP contribution in [0.3, 0.4) is 0 Å². The van der Waals surface area contributed by atoms with E-state index < -0.39 is 18.5 Å². The molecule has 0 aliphatic heterocycles. The standard InChI is InChI=1S/C17H16F2N2O4/c1-24-15(22)10-20-16(23)13-4-2-3-5-14(13)21-11-6-8-12(9-7-11)25-17(18)19/h2-9,17,21H,10H2,1H3,(H,20,23). The van der Waals surface area contributed by atoms with Gasteiger partial charge in [0.15, 0.2) is 0 Å². The van der Waals surface area contributed by atoms with Gasteiger partial charge in [0.1, 0.15) is 12.3 Å². The Morgan fingerprint density at radius 3 is 2.40 bits per heavy atom. The molecule has 2 aromatic rings. The number of halogens is 2. The molecule has 0 aromatic heterocycles. The lowest BCUT2D eigenvalue weighted by atomic mass is 10.1. The largest absolute Gasteiger partial charge is 0.468 e. The first-order valence-electron chi connectivity index (χ1n) is 7.25. The van der Waals surface area contributed by atoms with Gasteiger partial charge in [-0.2, -0.15) is 8.78 Å². The molecule has 132 valence electrons. The van der Waals surface area contributed by atoms with E-state index in [1.807, 2.05) is 0 Å². The average Bonchev–Trinajstić information content (AvgIpc) is 2.61. The Morgan fingerprint density at radius 2 is 1.76 bits per heavy atom. The fraction of sp³-hybridized carbons (Fsp3) is 0.176. The number of amides is 1. The zero-order chi connectivity index (χ0) is 18.2. The maximum Gasteiger partial charge on any atom is 0.387 e. The summed E-state index contributed by atoms with van der Waals surface area (Å²) in [5, 5.41) is 5.47. The Morgan fingerprint density at radius 1 is 1.08 bits per heavy atom. The molecule has 0 saturated carbocycles.